The minimum Gasteiger partial charge on any atom is -0.347 e. The van der Waals surface area contributed by atoms with Gasteiger partial charge in [-0.15, -0.1) is 0 Å². The van der Waals surface area contributed by atoms with Gasteiger partial charge in [0.05, 0.1) is 4.92 Å². The van der Waals surface area contributed by atoms with Crippen molar-refractivity contribution in [2.75, 3.05) is 36.0 Å². The molecule has 0 unspecified atom stereocenters. The average molecular weight is 274 g/mol. The van der Waals surface area contributed by atoms with E-state index in [2.05, 4.69) is 19.9 Å². The predicted molar refractivity (Wildman–Crippen MR) is 73.9 cm³/mol. The van der Waals surface area contributed by atoms with Crippen molar-refractivity contribution in [1.82, 2.24) is 15.0 Å². The molecule has 0 bridgehead atoms. The zero-order valence-corrected chi connectivity index (χ0v) is 10.8. The largest absolute Gasteiger partial charge is 0.347 e. The summed E-state index contributed by atoms with van der Waals surface area (Å²) in [5, 5.41) is 11.0. The highest BCUT2D eigenvalue weighted by Crippen LogP contribution is 2.26. The third-order valence-electron chi connectivity index (χ3n) is 3.33. The SMILES string of the molecule is O=[N+]([O-])c1cccnc1N1CCN(c2ncc[nH]2)CC1. The van der Waals surface area contributed by atoms with Gasteiger partial charge in [0, 0.05) is 50.8 Å². The lowest BCUT2D eigenvalue weighted by Crippen LogP contribution is -2.47. The van der Waals surface area contributed by atoms with E-state index in [-0.39, 0.29) is 10.6 Å². The van der Waals surface area contributed by atoms with E-state index in [9.17, 15) is 10.1 Å². The van der Waals surface area contributed by atoms with Crippen molar-refractivity contribution >= 4 is 17.5 Å². The number of aromatic amines is 1. The molecule has 8 heteroatoms. The third kappa shape index (κ3) is 2.27. The highest BCUT2D eigenvalue weighted by molar-refractivity contribution is 5.58. The van der Waals surface area contributed by atoms with Gasteiger partial charge in [0.1, 0.15) is 0 Å². The van der Waals surface area contributed by atoms with Crippen LogP contribution in [0.15, 0.2) is 30.7 Å². The second kappa shape index (κ2) is 5.16. The van der Waals surface area contributed by atoms with Crippen LogP contribution in [0.1, 0.15) is 0 Å². The van der Waals surface area contributed by atoms with E-state index in [1.165, 1.54) is 6.07 Å². The number of anilines is 2. The first kappa shape index (κ1) is 12.4. The van der Waals surface area contributed by atoms with Gasteiger partial charge in [-0.2, -0.15) is 0 Å². The molecular formula is C12H14N6O2. The number of pyridine rings is 1. The number of hydrogen-bond acceptors (Lipinski definition) is 6. The summed E-state index contributed by atoms with van der Waals surface area (Å²) in [6.45, 7) is 2.86. The van der Waals surface area contributed by atoms with Crippen LogP contribution >= 0.6 is 0 Å². The maximum absolute atomic E-state index is 11.0. The Hall–Kier alpha value is -2.64. The fourth-order valence-corrected chi connectivity index (χ4v) is 2.33. The molecule has 0 radical (unpaired) electrons. The van der Waals surface area contributed by atoms with Gasteiger partial charge in [0.15, 0.2) is 0 Å². The summed E-state index contributed by atoms with van der Waals surface area (Å²) in [6, 6.07) is 3.07. The number of H-pyrrole nitrogens is 1. The Bertz CT molecular complexity index is 592. The first-order valence-electron chi connectivity index (χ1n) is 6.34. The monoisotopic (exact) mass is 274 g/mol. The third-order valence-corrected chi connectivity index (χ3v) is 3.33. The number of imidazole rings is 1. The molecule has 104 valence electrons. The molecule has 3 rings (SSSR count). The Kier molecular flexibility index (Phi) is 3.20. The number of hydrogen-bond donors (Lipinski definition) is 1. The second-order valence-electron chi connectivity index (χ2n) is 4.49. The Balaban J connectivity index is 1.74. The van der Waals surface area contributed by atoms with E-state index >= 15 is 0 Å². The second-order valence-corrected chi connectivity index (χ2v) is 4.49. The Morgan fingerprint density at radius 1 is 1.15 bits per heavy atom. The van der Waals surface area contributed by atoms with Crippen molar-refractivity contribution in [2.45, 2.75) is 0 Å². The van der Waals surface area contributed by atoms with E-state index < -0.39 is 0 Å². The molecule has 20 heavy (non-hydrogen) atoms. The fraction of sp³-hybridized carbons (Fsp3) is 0.333. The van der Waals surface area contributed by atoms with Crippen molar-refractivity contribution in [3.8, 4) is 0 Å². The number of nitro groups is 1. The number of nitrogens with zero attached hydrogens (tertiary/aromatic N) is 5. The van der Waals surface area contributed by atoms with Crippen molar-refractivity contribution in [2.24, 2.45) is 0 Å². The van der Waals surface area contributed by atoms with E-state index in [1.54, 1.807) is 24.7 Å². The van der Waals surface area contributed by atoms with Crippen LogP contribution in [0.5, 0.6) is 0 Å². The molecule has 1 saturated heterocycles. The topological polar surface area (TPSA) is 91.2 Å². The maximum Gasteiger partial charge on any atom is 0.311 e. The summed E-state index contributed by atoms with van der Waals surface area (Å²) in [7, 11) is 0. The summed E-state index contributed by atoms with van der Waals surface area (Å²) in [6.07, 6.45) is 5.08. The van der Waals surface area contributed by atoms with E-state index in [0.29, 0.717) is 18.9 Å². The van der Waals surface area contributed by atoms with Gasteiger partial charge in [-0.25, -0.2) is 9.97 Å². The van der Waals surface area contributed by atoms with Crippen LogP contribution in [-0.2, 0) is 0 Å². The fourth-order valence-electron chi connectivity index (χ4n) is 2.33. The molecule has 1 aliphatic rings. The molecule has 0 atom stereocenters. The maximum atomic E-state index is 11.0. The zero-order chi connectivity index (χ0) is 13.9. The first-order valence-corrected chi connectivity index (χ1v) is 6.34. The lowest BCUT2D eigenvalue weighted by atomic mass is 10.3. The van der Waals surface area contributed by atoms with Crippen LogP contribution in [0.2, 0.25) is 0 Å². The van der Waals surface area contributed by atoms with Gasteiger partial charge in [0.25, 0.3) is 0 Å². The van der Waals surface area contributed by atoms with Crippen LogP contribution in [0, 0.1) is 10.1 Å². The number of aromatic nitrogens is 3. The van der Waals surface area contributed by atoms with E-state index in [0.717, 1.165) is 19.0 Å². The zero-order valence-electron chi connectivity index (χ0n) is 10.8. The highest BCUT2D eigenvalue weighted by Gasteiger charge is 2.25. The minimum absolute atomic E-state index is 0.0546. The van der Waals surface area contributed by atoms with Crippen LogP contribution in [0.3, 0.4) is 0 Å². The molecule has 8 nitrogen and oxygen atoms in total. The van der Waals surface area contributed by atoms with Crippen molar-refractivity contribution in [1.29, 1.82) is 0 Å². The van der Waals surface area contributed by atoms with Gasteiger partial charge >= 0.3 is 5.69 Å². The van der Waals surface area contributed by atoms with Crippen LogP contribution in [0.4, 0.5) is 17.5 Å². The van der Waals surface area contributed by atoms with Gasteiger partial charge in [-0.3, -0.25) is 10.1 Å². The Labute approximate surface area is 115 Å². The predicted octanol–water partition coefficient (Wildman–Crippen LogP) is 1.04. The molecule has 0 saturated carbocycles. The Morgan fingerprint density at radius 3 is 2.55 bits per heavy atom. The molecule has 3 heterocycles. The number of nitrogens with one attached hydrogen (secondary N) is 1. The molecule has 0 aromatic carbocycles. The minimum atomic E-state index is -0.388. The number of piperazine rings is 1. The summed E-state index contributed by atoms with van der Waals surface area (Å²) >= 11 is 0. The van der Waals surface area contributed by atoms with Crippen molar-refractivity contribution < 1.29 is 4.92 Å². The molecular weight excluding hydrogens is 260 g/mol. The van der Waals surface area contributed by atoms with Gasteiger partial charge < -0.3 is 14.8 Å². The first-order chi connectivity index (χ1) is 9.75. The van der Waals surface area contributed by atoms with Crippen molar-refractivity contribution in [3.05, 3.63) is 40.8 Å². The average Bonchev–Trinajstić information content (AvgIpc) is 3.02. The van der Waals surface area contributed by atoms with Crippen LogP contribution in [-0.4, -0.2) is 46.1 Å². The van der Waals surface area contributed by atoms with E-state index in [4.69, 9.17) is 0 Å². The van der Waals surface area contributed by atoms with Crippen molar-refractivity contribution in [3.63, 3.8) is 0 Å². The molecule has 0 aliphatic carbocycles. The molecule has 1 fully saturated rings. The Morgan fingerprint density at radius 2 is 1.90 bits per heavy atom. The molecule has 2 aromatic rings. The summed E-state index contributed by atoms with van der Waals surface area (Å²) < 4.78 is 0. The molecule has 1 aliphatic heterocycles. The quantitative estimate of drug-likeness (QED) is 0.664. The van der Waals surface area contributed by atoms with Gasteiger partial charge in [-0.1, -0.05) is 0 Å². The molecule has 0 amide bonds. The van der Waals surface area contributed by atoms with Crippen LogP contribution in [0.25, 0.3) is 0 Å². The van der Waals surface area contributed by atoms with Gasteiger partial charge in [0.2, 0.25) is 11.8 Å². The normalized spacial score (nSPS) is 15.4. The summed E-state index contributed by atoms with van der Waals surface area (Å²) in [4.78, 5) is 26.1. The molecule has 0 spiro atoms. The highest BCUT2D eigenvalue weighted by atomic mass is 16.6. The van der Waals surface area contributed by atoms with Crippen LogP contribution < -0.4 is 9.80 Å². The lowest BCUT2D eigenvalue weighted by molar-refractivity contribution is -0.384. The van der Waals surface area contributed by atoms with E-state index in [1.807, 2.05) is 4.90 Å². The number of rotatable bonds is 3. The molecule has 1 N–H and O–H groups in total. The summed E-state index contributed by atoms with van der Waals surface area (Å²) in [5.41, 5.74) is 0.0546. The lowest BCUT2D eigenvalue weighted by Gasteiger charge is -2.34. The van der Waals surface area contributed by atoms with Gasteiger partial charge in [-0.05, 0) is 6.07 Å². The summed E-state index contributed by atoms with van der Waals surface area (Å²) in [5.74, 6) is 1.27. The smallest absolute Gasteiger partial charge is 0.311 e. The molecule has 2 aromatic heterocycles. The standard InChI is InChI=1S/C12H14N6O2/c19-18(20)10-2-1-3-13-11(10)16-6-8-17(9-7-16)12-14-4-5-15-12/h1-5H,6-9H2,(H,14,15).